The SMILES string of the molecule is CCN(CC)CCCNS(=O)(=O)c1ccc(F)c(C#N)c1. The Morgan fingerprint density at radius 3 is 2.57 bits per heavy atom. The van der Waals surface area contributed by atoms with E-state index in [-0.39, 0.29) is 10.5 Å². The predicted octanol–water partition coefficient (Wildman–Crippen LogP) is 1.71. The van der Waals surface area contributed by atoms with Gasteiger partial charge in [0.1, 0.15) is 11.9 Å². The standard InChI is InChI=1S/C14H20FN3O2S/c1-3-18(4-2)9-5-8-17-21(19,20)13-6-7-14(15)12(10-13)11-16/h6-7,10,17H,3-5,8-9H2,1-2H3. The number of nitrogens with zero attached hydrogens (tertiary/aromatic N) is 2. The molecule has 0 radical (unpaired) electrons. The van der Waals surface area contributed by atoms with Crippen molar-refractivity contribution in [2.75, 3.05) is 26.2 Å². The number of rotatable bonds is 8. The smallest absolute Gasteiger partial charge is 0.240 e. The van der Waals surface area contributed by atoms with E-state index in [4.69, 9.17) is 5.26 Å². The van der Waals surface area contributed by atoms with Gasteiger partial charge in [-0.2, -0.15) is 5.26 Å². The molecule has 1 rings (SSSR count). The number of nitriles is 1. The zero-order chi connectivity index (χ0) is 15.9. The lowest BCUT2D eigenvalue weighted by Crippen LogP contribution is -2.30. The first-order chi connectivity index (χ1) is 9.94. The zero-order valence-electron chi connectivity index (χ0n) is 12.3. The van der Waals surface area contributed by atoms with Crippen LogP contribution in [0.25, 0.3) is 0 Å². The molecule has 0 aliphatic rings. The first-order valence-electron chi connectivity index (χ1n) is 6.86. The van der Waals surface area contributed by atoms with Crippen molar-refractivity contribution in [3.8, 4) is 6.07 Å². The van der Waals surface area contributed by atoms with Crippen LogP contribution < -0.4 is 4.72 Å². The van der Waals surface area contributed by atoms with Crippen LogP contribution in [0.15, 0.2) is 23.1 Å². The third-order valence-corrected chi connectivity index (χ3v) is 4.66. The number of hydrogen-bond acceptors (Lipinski definition) is 4. The highest BCUT2D eigenvalue weighted by Gasteiger charge is 2.15. The Kier molecular flexibility index (Phi) is 6.75. The fraction of sp³-hybridized carbons (Fsp3) is 0.500. The van der Waals surface area contributed by atoms with Gasteiger partial charge in [-0.1, -0.05) is 13.8 Å². The predicted molar refractivity (Wildman–Crippen MR) is 78.7 cm³/mol. The van der Waals surface area contributed by atoms with Gasteiger partial charge in [0.25, 0.3) is 0 Å². The van der Waals surface area contributed by atoms with E-state index in [1.807, 2.05) is 0 Å². The number of halogens is 1. The van der Waals surface area contributed by atoms with E-state index < -0.39 is 15.8 Å². The Balaban J connectivity index is 2.64. The average molecular weight is 313 g/mol. The highest BCUT2D eigenvalue weighted by Crippen LogP contribution is 2.14. The molecule has 7 heteroatoms. The van der Waals surface area contributed by atoms with Gasteiger partial charge >= 0.3 is 0 Å². The van der Waals surface area contributed by atoms with Crippen LogP contribution in [0, 0.1) is 17.1 Å². The lowest BCUT2D eigenvalue weighted by molar-refractivity contribution is 0.300. The van der Waals surface area contributed by atoms with Gasteiger partial charge in [-0.25, -0.2) is 17.5 Å². The second-order valence-electron chi connectivity index (χ2n) is 4.53. The Hall–Kier alpha value is -1.49. The highest BCUT2D eigenvalue weighted by molar-refractivity contribution is 7.89. The second kappa shape index (κ2) is 8.08. The van der Waals surface area contributed by atoms with Gasteiger partial charge in [0.05, 0.1) is 10.5 Å². The van der Waals surface area contributed by atoms with Crippen LogP contribution in [-0.4, -0.2) is 39.5 Å². The van der Waals surface area contributed by atoms with Crippen LogP contribution in [0.3, 0.4) is 0 Å². The average Bonchev–Trinajstić information content (AvgIpc) is 2.47. The molecule has 0 aliphatic heterocycles. The molecular weight excluding hydrogens is 293 g/mol. The van der Waals surface area contributed by atoms with E-state index in [2.05, 4.69) is 23.5 Å². The van der Waals surface area contributed by atoms with Crippen LogP contribution in [0.4, 0.5) is 4.39 Å². The van der Waals surface area contributed by atoms with Crippen molar-refractivity contribution in [2.24, 2.45) is 0 Å². The maximum atomic E-state index is 13.2. The van der Waals surface area contributed by atoms with Crippen molar-refractivity contribution in [3.05, 3.63) is 29.6 Å². The summed E-state index contributed by atoms with van der Waals surface area (Å²) < 4.78 is 39.7. The first-order valence-corrected chi connectivity index (χ1v) is 8.34. The largest absolute Gasteiger partial charge is 0.304 e. The summed E-state index contributed by atoms with van der Waals surface area (Å²) in [6.45, 7) is 7.06. The third-order valence-electron chi connectivity index (χ3n) is 3.21. The fourth-order valence-corrected chi connectivity index (χ4v) is 2.99. The molecule has 1 aromatic carbocycles. The second-order valence-corrected chi connectivity index (χ2v) is 6.30. The molecule has 0 amide bonds. The van der Waals surface area contributed by atoms with E-state index in [0.29, 0.717) is 13.0 Å². The van der Waals surface area contributed by atoms with Gasteiger partial charge in [-0.15, -0.1) is 0 Å². The van der Waals surface area contributed by atoms with Gasteiger partial charge in [-0.3, -0.25) is 0 Å². The summed E-state index contributed by atoms with van der Waals surface area (Å²) in [7, 11) is -3.71. The minimum absolute atomic E-state index is 0.0942. The summed E-state index contributed by atoms with van der Waals surface area (Å²) in [4.78, 5) is 2.10. The van der Waals surface area contributed by atoms with E-state index in [1.54, 1.807) is 6.07 Å². The molecule has 0 spiro atoms. The Morgan fingerprint density at radius 2 is 2.00 bits per heavy atom. The number of hydrogen-bond donors (Lipinski definition) is 1. The molecule has 0 atom stereocenters. The molecule has 0 unspecified atom stereocenters. The van der Waals surface area contributed by atoms with Crippen molar-refractivity contribution in [1.29, 1.82) is 5.26 Å². The van der Waals surface area contributed by atoms with E-state index in [0.717, 1.165) is 37.8 Å². The molecule has 0 heterocycles. The molecular formula is C14H20FN3O2S. The highest BCUT2D eigenvalue weighted by atomic mass is 32.2. The molecule has 0 fully saturated rings. The van der Waals surface area contributed by atoms with Crippen molar-refractivity contribution in [3.63, 3.8) is 0 Å². The maximum absolute atomic E-state index is 13.2. The van der Waals surface area contributed by atoms with Crippen molar-refractivity contribution < 1.29 is 12.8 Å². The van der Waals surface area contributed by atoms with Gasteiger partial charge in [0, 0.05) is 6.54 Å². The molecule has 0 aromatic heterocycles. The third kappa shape index (κ3) is 5.08. The molecule has 21 heavy (non-hydrogen) atoms. The normalized spacial score (nSPS) is 11.6. The molecule has 0 saturated heterocycles. The van der Waals surface area contributed by atoms with Crippen LogP contribution in [-0.2, 0) is 10.0 Å². The van der Waals surface area contributed by atoms with Crippen LogP contribution in [0.5, 0.6) is 0 Å². The molecule has 0 bridgehead atoms. The molecule has 5 nitrogen and oxygen atoms in total. The molecule has 0 aliphatic carbocycles. The molecule has 116 valence electrons. The quantitative estimate of drug-likeness (QED) is 0.742. The summed E-state index contributed by atoms with van der Waals surface area (Å²) in [6.07, 6.45) is 0.688. The fourth-order valence-electron chi connectivity index (χ4n) is 1.89. The summed E-state index contributed by atoms with van der Waals surface area (Å²) in [6, 6.07) is 4.82. The van der Waals surface area contributed by atoms with Gasteiger partial charge < -0.3 is 4.90 Å². The first kappa shape index (κ1) is 17.6. The summed E-state index contributed by atoms with van der Waals surface area (Å²) in [5.74, 6) is -0.724. The Bertz CT molecular complexity index is 607. The monoisotopic (exact) mass is 313 g/mol. The lowest BCUT2D eigenvalue weighted by Gasteiger charge is -2.17. The van der Waals surface area contributed by atoms with Crippen molar-refractivity contribution >= 4 is 10.0 Å². The lowest BCUT2D eigenvalue weighted by atomic mass is 10.2. The summed E-state index contributed by atoms with van der Waals surface area (Å²) >= 11 is 0. The summed E-state index contributed by atoms with van der Waals surface area (Å²) in [5.41, 5.74) is -0.277. The number of nitrogens with one attached hydrogen (secondary N) is 1. The van der Waals surface area contributed by atoms with Crippen molar-refractivity contribution in [1.82, 2.24) is 9.62 Å². The van der Waals surface area contributed by atoms with E-state index >= 15 is 0 Å². The maximum Gasteiger partial charge on any atom is 0.240 e. The van der Waals surface area contributed by atoms with Crippen LogP contribution in [0.2, 0.25) is 0 Å². The topological polar surface area (TPSA) is 73.2 Å². The van der Waals surface area contributed by atoms with Gasteiger partial charge in [-0.05, 0) is 44.3 Å². The number of benzene rings is 1. The van der Waals surface area contributed by atoms with Crippen molar-refractivity contribution in [2.45, 2.75) is 25.2 Å². The van der Waals surface area contributed by atoms with Crippen LogP contribution in [0.1, 0.15) is 25.8 Å². The zero-order valence-corrected chi connectivity index (χ0v) is 13.1. The molecule has 1 aromatic rings. The van der Waals surface area contributed by atoms with E-state index in [9.17, 15) is 12.8 Å². The van der Waals surface area contributed by atoms with Gasteiger partial charge in [0.2, 0.25) is 10.0 Å². The molecule has 0 saturated carbocycles. The molecule has 1 N–H and O–H groups in total. The minimum Gasteiger partial charge on any atom is -0.304 e. The Morgan fingerprint density at radius 1 is 1.33 bits per heavy atom. The summed E-state index contributed by atoms with van der Waals surface area (Å²) in [5, 5.41) is 8.73. The Labute approximate surface area is 125 Å². The van der Waals surface area contributed by atoms with Crippen LogP contribution >= 0.6 is 0 Å². The number of sulfonamides is 1. The minimum atomic E-state index is -3.71. The van der Waals surface area contributed by atoms with Gasteiger partial charge in [0.15, 0.2) is 0 Å². The van der Waals surface area contributed by atoms with E-state index in [1.165, 1.54) is 0 Å².